The molecule has 2 fully saturated rings. The monoisotopic (exact) mass is 261 g/mol. The second-order valence-corrected chi connectivity index (χ2v) is 6.46. The molecule has 2 nitrogen and oxygen atoms in total. The summed E-state index contributed by atoms with van der Waals surface area (Å²) < 4.78 is 5.41. The van der Waals surface area contributed by atoms with Gasteiger partial charge in [-0.1, -0.05) is 25.8 Å². The number of ether oxygens (including phenoxy) is 1. The standard InChI is InChI=1S/C17H27NO/c1-13-3-7-15(8-4-13)16(12-18)11-14-5-9-17(19-2)10-6-14/h11,13-15,17H,3-10H2,1-2H3. The number of hydrogen-bond acceptors (Lipinski definition) is 2. The third-order valence-electron chi connectivity index (χ3n) is 5.05. The third kappa shape index (κ3) is 4.08. The predicted molar refractivity (Wildman–Crippen MR) is 77.6 cm³/mol. The SMILES string of the molecule is COC1CCC(C=C(C#N)C2CCC(C)CC2)CC1. The zero-order valence-corrected chi connectivity index (χ0v) is 12.4. The normalized spacial score (nSPS) is 36.8. The number of rotatable bonds is 3. The molecule has 0 N–H and O–H groups in total. The van der Waals surface area contributed by atoms with E-state index in [1.165, 1.54) is 38.5 Å². The fourth-order valence-corrected chi connectivity index (χ4v) is 3.58. The van der Waals surface area contributed by atoms with E-state index in [0.29, 0.717) is 17.9 Å². The van der Waals surface area contributed by atoms with Crippen LogP contribution in [-0.4, -0.2) is 13.2 Å². The number of methoxy groups -OCH3 is 1. The summed E-state index contributed by atoms with van der Waals surface area (Å²) in [6.07, 6.45) is 12.4. The van der Waals surface area contributed by atoms with Crippen LogP contribution in [-0.2, 0) is 4.74 Å². The van der Waals surface area contributed by atoms with E-state index in [1.54, 1.807) is 0 Å². The van der Waals surface area contributed by atoms with Crippen LogP contribution in [0.3, 0.4) is 0 Å². The van der Waals surface area contributed by atoms with Gasteiger partial charge in [0, 0.05) is 12.7 Å². The van der Waals surface area contributed by atoms with Crippen LogP contribution < -0.4 is 0 Å². The quantitative estimate of drug-likeness (QED) is 0.702. The zero-order chi connectivity index (χ0) is 13.7. The summed E-state index contributed by atoms with van der Waals surface area (Å²) in [5, 5.41) is 9.43. The van der Waals surface area contributed by atoms with Crippen molar-refractivity contribution in [3.63, 3.8) is 0 Å². The lowest BCUT2D eigenvalue weighted by atomic mass is 9.77. The molecule has 0 atom stereocenters. The van der Waals surface area contributed by atoms with Gasteiger partial charge in [-0.2, -0.15) is 5.26 Å². The van der Waals surface area contributed by atoms with E-state index >= 15 is 0 Å². The molecule has 2 aliphatic carbocycles. The minimum Gasteiger partial charge on any atom is -0.381 e. The molecule has 19 heavy (non-hydrogen) atoms. The van der Waals surface area contributed by atoms with Gasteiger partial charge in [-0.25, -0.2) is 0 Å². The summed E-state index contributed by atoms with van der Waals surface area (Å²) in [6.45, 7) is 2.33. The van der Waals surface area contributed by atoms with Crippen molar-refractivity contribution < 1.29 is 4.74 Å². The van der Waals surface area contributed by atoms with Gasteiger partial charge in [0.25, 0.3) is 0 Å². The molecule has 2 heteroatoms. The summed E-state index contributed by atoms with van der Waals surface area (Å²) in [7, 11) is 1.81. The molecule has 2 saturated carbocycles. The molecule has 0 heterocycles. The van der Waals surface area contributed by atoms with E-state index in [4.69, 9.17) is 4.74 Å². The predicted octanol–water partition coefficient (Wildman–Crippen LogP) is 4.47. The molecule has 0 amide bonds. The average molecular weight is 261 g/mol. The maximum Gasteiger partial charge on any atom is 0.0946 e. The summed E-state index contributed by atoms with van der Waals surface area (Å²) in [5.74, 6) is 2.01. The van der Waals surface area contributed by atoms with Gasteiger partial charge in [-0.05, 0) is 56.3 Å². The Labute approximate surface area is 117 Å². The van der Waals surface area contributed by atoms with E-state index < -0.39 is 0 Å². The fraction of sp³-hybridized carbons (Fsp3) is 0.824. The molecule has 106 valence electrons. The van der Waals surface area contributed by atoms with Gasteiger partial charge in [-0.3, -0.25) is 0 Å². The molecule has 2 aliphatic rings. The maximum absolute atomic E-state index is 9.43. The molecule has 0 radical (unpaired) electrons. The van der Waals surface area contributed by atoms with Crippen LogP contribution in [0.5, 0.6) is 0 Å². The molecule has 0 aromatic rings. The van der Waals surface area contributed by atoms with Crippen molar-refractivity contribution in [2.75, 3.05) is 7.11 Å². The number of allylic oxidation sites excluding steroid dienone is 2. The van der Waals surface area contributed by atoms with E-state index in [0.717, 1.165) is 24.3 Å². The topological polar surface area (TPSA) is 33.0 Å². The molecule has 0 saturated heterocycles. The molecule has 0 aromatic carbocycles. The van der Waals surface area contributed by atoms with Gasteiger partial charge in [-0.15, -0.1) is 0 Å². The molecule has 0 bridgehead atoms. The summed E-state index contributed by atoms with van der Waals surface area (Å²) in [4.78, 5) is 0. The van der Waals surface area contributed by atoms with Crippen molar-refractivity contribution >= 4 is 0 Å². The number of nitrogens with zero attached hydrogens (tertiary/aromatic N) is 1. The molecular formula is C17H27NO. The Bertz CT molecular complexity index is 339. The first-order valence-corrected chi connectivity index (χ1v) is 7.87. The minimum absolute atomic E-state index is 0.450. The zero-order valence-electron chi connectivity index (χ0n) is 12.4. The van der Waals surface area contributed by atoms with Crippen LogP contribution in [0.2, 0.25) is 0 Å². The Morgan fingerprint density at radius 3 is 2.21 bits per heavy atom. The molecule has 2 rings (SSSR count). The number of nitriles is 1. The lowest BCUT2D eigenvalue weighted by Gasteiger charge is -2.28. The Balaban J connectivity index is 1.91. The molecule has 0 spiro atoms. The first-order chi connectivity index (χ1) is 9.22. The summed E-state index contributed by atoms with van der Waals surface area (Å²) in [6, 6.07) is 2.49. The van der Waals surface area contributed by atoms with E-state index in [-0.39, 0.29) is 0 Å². The highest BCUT2D eigenvalue weighted by atomic mass is 16.5. The van der Waals surface area contributed by atoms with Crippen LogP contribution in [0.4, 0.5) is 0 Å². The Morgan fingerprint density at radius 2 is 1.68 bits per heavy atom. The van der Waals surface area contributed by atoms with Crippen molar-refractivity contribution in [3.8, 4) is 6.07 Å². The van der Waals surface area contributed by atoms with Crippen molar-refractivity contribution in [1.29, 1.82) is 5.26 Å². The number of hydrogen-bond donors (Lipinski definition) is 0. The Morgan fingerprint density at radius 1 is 1.05 bits per heavy atom. The van der Waals surface area contributed by atoms with E-state index in [1.807, 2.05) is 7.11 Å². The lowest BCUT2D eigenvalue weighted by molar-refractivity contribution is 0.0625. The largest absolute Gasteiger partial charge is 0.381 e. The van der Waals surface area contributed by atoms with Crippen LogP contribution in [0, 0.1) is 29.1 Å². The molecule has 0 unspecified atom stereocenters. The van der Waals surface area contributed by atoms with Gasteiger partial charge < -0.3 is 4.74 Å². The highest BCUT2D eigenvalue weighted by Gasteiger charge is 2.24. The van der Waals surface area contributed by atoms with Gasteiger partial charge in [0.05, 0.1) is 12.2 Å². The van der Waals surface area contributed by atoms with Gasteiger partial charge in [0.15, 0.2) is 0 Å². The van der Waals surface area contributed by atoms with Crippen LogP contribution in [0.1, 0.15) is 58.3 Å². The van der Waals surface area contributed by atoms with Gasteiger partial charge >= 0.3 is 0 Å². The van der Waals surface area contributed by atoms with E-state index in [9.17, 15) is 5.26 Å². The van der Waals surface area contributed by atoms with Crippen molar-refractivity contribution in [2.24, 2.45) is 17.8 Å². The molecule has 0 aliphatic heterocycles. The fourth-order valence-electron chi connectivity index (χ4n) is 3.58. The maximum atomic E-state index is 9.43. The highest BCUT2D eigenvalue weighted by molar-refractivity contribution is 5.25. The van der Waals surface area contributed by atoms with Crippen LogP contribution in [0.15, 0.2) is 11.6 Å². The highest BCUT2D eigenvalue weighted by Crippen LogP contribution is 2.35. The minimum atomic E-state index is 0.450. The second-order valence-electron chi connectivity index (χ2n) is 6.46. The van der Waals surface area contributed by atoms with Gasteiger partial charge in [0.2, 0.25) is 0 Å². The van der Waals surface area contributed by atoms with Crippen molar-refractivity contribution in [3.05, 3.63) is 11.6 Å². The van der Waals surface area contributed by atoms with Gasteiger partial charge in [0.1, 0.15) is 0 Å². The van der Waals surface area contributed by atoms with E-state index in [2.05, 4.69) is 19.1 Å². The first kappa shape index (κ1) is 14.6. The summed E-state index contributed by atoms with van der Waals surface area (Å²) in [5.41, 5.74) is 1.08. The van der Waals surface area contributed by atoms with Crippen LogP contribution in [0.25, 0.3) is 0 Å². The average Bonchev–Trinajstić information content (AvgIpc) is 2.46. The smallest absolute Gasteiger partial charge is 0.0946 e. The van der Waals surface area contributed by atoms with Crippen LogP contribution >= 0.6 is 0 Å². The molecular weight excluding hydrogens is 234 g/mol. The Hall–Kier alpha value is -0.810. The van der Waals surface area contributed by atoms with Crippen molar-refractivity contribution in [2.45, 2.75) is 64.4 Å². The first-order valence-electron chi connectivity index (χ1n) is 7.87. The summed E-state index contributed by atoms with van der Waals surface area (Å²) >= 11 is 0. The van der Waals surface area contributed by atoms with Crippen molar-refractivity contribution in [1.82, 2.24) is 0 Å². The second kappa shape index (κ2) is 7.10. The lowest BCUT2D eigenvalue weighted by Crippen LogP contribution is -2.20. The Kier molecular flexibility index (Phi) is 5.45. The molecule has 0 aromatic heterocycles. The third-order valence-corrected chi connectivity index (χ3v) is 5.05.